The Hall–Kier alpha value is -3.81. The summed E-state index contributed by atoms with van der Waals surface area (Å²) in [5.41, 5.74) is 1.89. The number of hydrogen-bond donors (Lipinski definition) is 1. The third-order valence-electron chi connectivity index (χ3n) is 6.41. The molecule has 2 heterocycles. The Bertz CT molecular complexity index is 1350. The molecule has 0 aliphatic heterocycles. The topological polar surface area (TPSA) is 107 Å². The first-order valence-electron chi connectivity index (χ1n) is 11.1. The van der Waals surface area contributed by atoms with Crippen LogP contribution in [-0.2, 0) is 24.7 Å². The maximum atomic E-state index is 13.7. The number of hydrogen-bond acceptors (Lipinski definition) is 6. The lowest BCUT2D eigenvalue weighted by Crippen LogP contribution is -2.35. The van der Waals surface area contributed by atoms with E-state index in [0.29, 0.717) is 31.5 Å². The molecule has 0 fully saturated rings. The van der Waals surface area contributed by atoms with Gasteiger partial charge in [-0.15, -0.1) is 0 Å². The van der Waals surface area contributed by atoms with E-state index < -0.39 is 17.1 Å². The minimum absolute atomic E-state index is 0.182. The van der Waals surface area contributed by atoms with Crippen molar-refractivity contribution in [1.82, 2.24) is 19.3 Å². The van der Waals surface area contributed by atoms with E-state index in [-0.39, 0.29) is 35.8 Å². The van der Waals surface area contributed by atoms with Crippen LogP contribution >= 0.6 is 0 Å². The van der Waals surface area contributed by atoms with Crippen LogP contribution in [0, 0.1) is 0 Å². The summed E-state index contributed by atoms with van der Waals surface area (Å²) >= 11 is 0. The van der Waals surface area contributed by atoms with Gasteiger partial charge in [-0.25, -0.2) is 4.98 Å². The van der Waals surface area contributed by atoms with Gasteiger partial charge in [0.05, 0.1) is 5.69 Å². The highest BCUT2D eigenvalue weighted by atomic mass is 16.3. The molecular weight excluding hydrogens is 420 g/mol. The van der Waals surface area contributed by atoms with E-state index in [4.69, 9.17) is 0 Å². The molecule has 1 atom stereocenters. The Kier molecular flexibility index (Phi) is 5.28. The molecule has 0 amide bonds. The second-order valence-electron chi connectivity index (χ2n) is 8.64. The van der Waals surface area contributed by atoms with Gasteiger partial charge in [0, 0.05) is 43.9 Å². The standard InChI is InChI=1S/C25H24N4O4/c1-28-14-16-12-17(10-11-19(16)27-28)29-24(15-6-3-2-4-7-15)26-13-18(25(29)33)23(32)22-20(30)8-5-9-21(22)31/h2-4,6-7,13-14,17,30H,5,8-12H2,1H3. The molecule has 0 saturated heterocycles. The van der Waals surface area contributed by atoms with E-state index in [1.54, 1.807) is 9.25 Å². The monoisotopic (exact) mass is 444 g/mol. The van der Waals surface area contributed by atoms with E-state index in [9.17, 15) is 19.5 Å². The van der Waals surface area contributed by atoms with Crippen molar-refractivity contribution in [2.24, 2.45) is 7.05 Å². The van der Waals surface area contributed by atoms with E-state index in [1.807, 2.05) is 43.6 Å². The first-order chi connectivity index (χ1) is 15.9. The van der Waals surface area contributed by atoms with Crippen molar-refractivity contribution in [3.05, 3.63) is 81.2 Å². The maximum absolute atomic E-state index is 13.7. The lowest BCUT2D eigenvalue weighted by molar-refractivity contribution is -0.116. The highest BCUT2D eigenvalue weighted by molar-refractivity contribution is 6.26. The number of aromatic nitrogens is 4. The Morgan fingerprint density at radius 3 is 2.67 bits per heavy atom. The van der Waals surface area contributed by atoms with Gasteiger partial charge in [0.15, 0.2) is 5.78 Å². The number of benzene rings is 1. The Labute approximate surface area is 190 Å². The summed E-state index contributed by atoms with van der Waals surface area (Å²) in [4.78, 5) is 43.8. The molecule has 1 unspecified atom stereocenters. The molecule has 0 saturated carbocycles. The summed E-state index contributed by atoms with van der Waals surface area (Å²) in [5.74, 6) is -0.949. The Balaban J connectivity index is 1.65. The van der Waals surface area contributed by atoms with Crippen molar-refractivity contribution < 1.29 is 14.7 Å². The summed E-state index contributed by atoms with van der Waals surface area (Å²) in [7, 11) is 1.87. The van der Waals surface area contributed by atoms with Gasteiger partial charge in [0.1, 0.15) is 22.7 Å². The van der Waals surface area contributed by atoms with Crippen LogP contribution in [0.25, 0.3) is 11.4 Å². The molecule has 8 heteroatoms. The number of aliphatic hydroxyl groups is 1. The van der Waals surface area contributed by atoms with Crippen molar-refractivity contribution in [1.29, 1.82) is 0 Å². The van der Waals surface area contributed by atoms with Gasteiger partial charge >= 0.3 is 0 Å². The highest BCUT2D eigenvalue weighted by Crippen LogP contribution is 2.31. The van der Waals surface area contributed by atoms with Crippen LogP contribution in [0.4, 0.5) is 0 Å². The van der Waals surface area contributed by atoms with Gasteiger partial charge in [-0.05, 0) is 31.2 Å². The van der Waals surface area contributed by atoms with Crippen LogP contribution in [0.1, 0.15) is 53.3 Å². The van der Waals surface area contributed by atoms with Crippen LogP contribution in [-0.4, -0.2) is 36.0 Å². The minimum Gasteiger partial charge on any atom is -0.511 e. The molecule has 2 aliphatic rings. The zero-order chi connectivity index (χ0) is 23.1. The third kappa shape index (κ3) is 3.71. The van der Waals surface area contributed by atoms with E-state index in [1.165, 1.54) is 6.20 Å². The fourth-order valence-electron chi connectivity index (χ4n) is 4.83. The number of rotatable bonds is 4. The first-order valence-corrected chi connectivity index (χ1v) is 11.1. The number of carbonyl (C=O) groups excluding carboxylic acids is 2. The average molecular weight is 444 g/mol. The van der Waals surface area contributed by atoms with Gasteiger partial charge in [0.25, 0.3) is 5.56 Å². The number of nitrogens with zero attached hydrogens (tertiary/aromatic N) is 4. The zero-order valence-corrected chi connectivity index (χ0v) is 18.3. The quantitative estimate of drug-likeness (QED) is 0.489. The molecular formula is C25H24N4O4. The molecule has 3 aromatic rings. The van der Waals surface area contributed by atoms with Crippen LogP contribution in [0.3, 0.4) is 0 Å². The fourth-order valence-corrected chi connectivity index (χ4v) is 4.83. The summed E-state index contributed by atoms with van der Waals surface area (Å²) in [6.45, 7) is 0. The Morgan fingerprint density at radius 2 is 1.91 bits per heavy atom. The second-order valence-corrected chi connectivity index (χ2v) is 8.64. The second kappa shape index (κ2) is 8.27. The molecule has 8 nitrogen and oxygen atoms in total. The van der Waals surface area contributed by atoms with Crippen LogP contribution < -0.4 is 5.56 Å². The van der Waals surface area contributed by atoms with Gasteiger partial charge in [-0.1, -0.05) is 30.3 Å². The van der Waals surface area contributed by atoms with Crippen molar-refractivity contribution in [2.75, 3.05) is 0 Å². The molecule has 0 bridgehead atoms. The summed E-state index contributed by atoms with van der Waals surface area (Å²) in [6.07, 6.45) is 6.11. The third-order valence-corrected chi connectivity index (χ3v) is 6.41. The number of ketones is 2. The lowest BCUT2D eigenvalue weighted by atomic mass is 9.90. The maximum Gasteiger partial charge on any atom is 0.265 e. The number of allylic oxidation sites excluding steroid dienone is 2. The van der Waals surface area contributed by atoms with Crippen LogP contribution in [0.2, 0.25) is 0 Å². The molecule has 2 aromatic heterocycles. The number of carbonyl (C=O) groups is 2. The molecule has 1 N–H and O–H groups in total. The molecule has 0 spiro atoms. The van der Waals surface area contributed by atoms with E-state index in [2.05, 4.69) is 10.1 Å². The molecule has 1 aromatic carbocycles. The van der Waals surface area contributed by atoms with Crippen molar-refractivity contribution in [2.45, 2.75) is 44.6 Å². The van der Waals surface area contributed by atoms with E-state index in [0.717, 1.165) is 16.8 Å². The van der Waals surface area contributed by atoms with E-state index >= 15 is 0 Å². The Morgan fingerprint density at radius 1 is 1.12 bits per heavy atom. The van der Waals surface area contributed by atoms with Crippen LogP contribution in [0.15, 0.2) is 58.9 Å². The van der Waals surface area contributed by atoms with Gasteiger partial charge in [-0.2, -0.15) is 5.10 Å². The van der Waals surface area contributed by atoms with Gasteiger partial charge in [0.2, 0.25) is 5.78 Å². The predicted molar refractivity (Wildman–Crippen MR) is 121 cm³/mol. The lowest BCUT2D eigenvalue weighted by Gasteiger charge is -2.26. The first kappa shape index (κ1) is 21.1. The fraction of sp³-hybridized carbons (Fsp3) is 0.320. The number of fused-ring (bicyclic) bond motifs is 1. The van der Waals surface area contributed by atoms with Crippen LogP contribution in [0.5, 0.6) is 0 Å². The molecule has 0 radical (unpaired) electrons. The summed E-state index contributed by atoms with van der Waals surface area (Å²) < 4.78 is 3.36. The number of Topliss-reactive ketones (excluding diaryl/α,β-unsaturated/α-hetero) is 2. The van der Waals surface area contributed by atoms with Crippen molar-refractivity contribution in [3.8, 4) is 11.4 Å². The molecule has 168 valence electrons. The average Bonchev–Trinajstić information content (AvgIpc) is 3.18. The summed E-state index contributed by atoms with van der Waals surface area (Å²) in [5, 5.41) is 14.7. The minimum atomic E-state index is -0.749. The van der Waals surface area contributed by atoms with Crippen molar-refractivity contribution >= 4 is 11.6 Å². The SMILES string of the molecule is Cn1cc2c(n1)CCC(n1c(-c3ccccc3)ncc(C(=O)C3=C(O)CCCC3=O)c1=O)C2. The number of aryl methyl sites for hydroxylation is 2. The smallest absolute Gasteiger partial charge is 0.265 e. The normalized spacial score (nSPS) is 18.3. The van der Waals surface area contributed by atoms with Gasteiger partial charge in [-0.3, -0.25) is 23.6 Å². The zero-order valence-electron chi connectivity index (χ0n) is 18.3. The molecule has 33 heavy (non-hydrogen) atoms. The van der Waals surface area contributed by atoms with Gasteiger partial charge < -0.3 is 5.11 Å². The van der Waals surface area contributed by atoms with Crippen molar-refractivity contribution in [3.63, 3.8) is 0 Å². The number of aliphatic hydroxyl groups excluding tert-OH is 1. The predicted octanol–water partition coefficient (Wildman–Crippen LogP) is 3.12. The molecule has 2 aliphatic carbocycles. The highest BCUT2D eigenvalue weighted by Gasteiger charge is 2.32. The largest absolute Gasteiger partial charge is 0.511 e. The summed E-state index contributed by atoms with van der Waals surface area (Å²) in [6, 6.07) is 9.16. The molecule has 5 rings (SSSR count).